The molecule has 0 bridgehead atoms. The molecule has 0 saturated carbocycles. The first-order valence-corrected chi connectivity index (χ1v) is 6.90. The molecule has 5 nitrogen and oxygen atoms in total. The summed E-state index contributed by atoms with van der Waals surface area (Å²) < 4.78 is 5.40. The monoisotopic (exact) mass is 285 g/mol. The summed E-state index contributed by atoms with van der Waals surface area (Å²) in [5.41, 5.74) is 1.50. The highest BCUT2D eigenvalue weighted by Gasteiger charge is 2.10. The van der Waals surface area contributed by atoms with Crippen molar-refractivity contribution in [2.24, 2.45) is 0 Å². The molecule has 5 heteroatoms. The van der Waals surface area contributed by atoms with Crippen LogP contribution in [0.2, 0.25) is 0 Å². The average Bonchev–Trinajstić information content (AvgIpc) is 2.48. The number of ether oxygens (including phenoxy) is 1. The van der Waals surface area contributed by atoms with E-state index in [2.05, 4.69) is 15.6 Å². The number of pyridine rings is 1. The highest BCUT2D eigenvalue weighted by Crippen LogP contribution is 2.17. The molecule has 0 spiro atoms. The summed E-state index contributed by atoms with van der Waals surface area (Å²) >= 11 is 0. The molecule has 110 valence electrons. The van der Waals surface area contributed by atoms with Crippen LogP contribution in [0.25, 0.3) is 0 Å². The van der Waals surface area contributed by atoms with E-state index in [0.29, 0.717) is 12.3 Å². The number of hydrogen-bond donors (Lipinski definition) is 2. The molecule has 0 fully saturated rings. The molecule has 1 aromatic carbocycles. The Kier molecular flexibility index (Phi) is 5.15. The molecular weight excluding hydrogens is 266 g/mol. The van der Waals surface area contributed by atoms with Gasteiger partial charge in [0.15, 0.2) is 0 Å². The van der Waals surface area contributed by atoms with Gasteiger partial charge in [0.2, 0.25) is 0 Å². The summed E-state index contributed by atoms with van der Waals surface area (Å²) in [6.45, 7) is 4.40. The van der Waals surface area contributed by atoms with Crippen LogP contribution in [0.3, 0.4) is 0 Å². The van der Waals surface area contributed by atoms with E-state index in [4.69, 9.17) is 4.74 Å². The number of benzene rings is 1. The minimum absolute atomic E-state index is 0.165. The van der Waals surface area contributed by atoms with Crippen molar-refractivity contribution in [1.29, 1.82) is 0 Å². The highest BCUT2D eigenvalue weighted by atomic mass is 16.5. The number of carbonyl (C=O) groups excluding carboxylic acids is 1. The van der Waals surface area contributed by atoms with Gasteiger partial charge in [-0.25, -0.2) is 4.79 Å². The number of nitrogens with one attached hydrogen (secondary N) is 2. The molecular formula is C16H19N3O2. The number of amides is 2. The van der Waals surface area contributed by atoms with Crippen LogP contribution in [-0.4, -0.2) is 17.6 Å². The number of rotatable bonds is 5. The van der Waals surface area contributed by atoms with Crippen LogP contribution in [-0.2, 0) is 0 Å². The van der Waals surface area contributed by atoms with Crippen LogP contribution in [0.5, 0.6) is 5.75 Å². The minimum Gasteiger partial charge on any atom is -0.494 e. The average molecular weight is 285 g/mol. The van der Waals surface area contributed by atoms with E-state index in [9.17, 15) is 4.79 Å². The SMILES string of the molecule is CCOc1cccc(NC(=O)N[C@H](C)c2ccccn2)c1. The summed E-state index contributed by atoms with van der Waals surface area (Å²) in [6, 6.07) is 12.5. The Morgan fingerprint density at radius 3 is 2.86 bits per heavy atom. The Morgan fingerprint density at radius 2 is 2.14 bits per heavy atom. The predicted octanol–water partition coefficient (Wildman–Crippen LogP) is 3.36. The van der Waals surface area contributed by atoms with E-state index < -0.39 is 0 Å². The van der Waals surface area contributed by atoms with Crippen molar-refractivity contribution in [2.75, 3.05) is 11.9 Å². The lowest BCUT2D eigenvalue weighted by Gasteiger charge is -2.14. The fraction of sp³-hybridized carbons (Fsp3) is 0.250. The lowest BCUT2D eigenvalue weighted by molar-refractivity contribution is 0.249. The van der Waals surface area contributed by atoms with Gasteiger partial charge in [0.05, 0.1) is 18.3 Å². The number of aromatic nitrogens is 1. The van der Waals surface area contributed by atoms with E-state index in [1.54, 1.807) is 12.3 Å². The van der Waals surface area contributed by atoms with Crippen molar-refractivity contribution in [1.82, 2.24) is 10.3 Å². The summed E-state index contributed by atoms with van der Waals surface area (Å²) in [7, 11) is 0. The van der Waals surface area contributed by atoms with Gasteiger partial charge in [-0.15, -0.1) is 0 Å². The molecule has 1 aromatic heterocycles. The van der Waals surface area contributed by atoms with E-state index in [1.807, 2.05) is 50.2 Å². The van der Waals surface area contributed by atoms with Gasteiger partial charge in [-0.3, -0.25) is 4.98 Å². The summed E-state index contributed by atoms with van der Waals surface area (Å²) in [6.07, 6.45) is 1.71. The number of anilines is 1. The zero-order valence-corrected chi connectivity index (χ0v) is 12.2. The number of hydrogen-bond acceptors (Lipinski definition) is 3. The van der Waals surface area contributed by atoms with E-state index in [1.165, 1.54) is 0 Å². The maximum Gasteiger partial charge on any atom is 0.319 e. The number of carbonyl (C=O) groups is 1. The Labute approximate surface area is 124 Å². The van der Waals surface area contributed by atoms with Gasteiger partial charge in [-0.1, -0.05) is 12.1 Å². The molecule has 0 aliphatic rings. The van der Waals surface area contributed by atoms with E-state index in [0.717, 1.165) is 11.4 Å². The Morgan fingerprint density at radius 1 is 1.29 bits per heavy atom. The Balaban J connectivity index is 1.94. The molecule has 21 heavy (non-hydrogen) atoms. The maximum atomic E-state index is 12.0. The van der Waals surface area contributed by atoms with Crippen LogP contribution in [0, 0.1) is 0 Å². The van der Waals surface area contributed by atoms with E-state index in [-0.39, 0.29) is 12.1 Å². The standard InChI is InChI=1S/C16H19N3O2/c1-3-21-14-8-6-7-13(11-14)19-16(20)18-12(2)15-9-4-5-10-17-15/h4-12H,3H2,1-2H3,(H2,18,19,20)/t12-/m1/s1. The van der Waals surface area contributed by atoms with Crippen LogP contribution in [0.4, 0.5) is 10.5 Å². The van der Waals surface area contributed by atoms with Crippen molar-refractivity contribution in [3.63, 3.8) is 0 Å². The van der Waals surface area contributed by atoms with Gasteiger partial charge in [-0.2, -0.15) is 0 Å². The highest BCUT2D eigenvalue weighted by molar-refractivity contribution is 5.89. The Hall–Kier alpha value is -2.56. The molecule has 0 radical (unpaired) electrons. The van der Waals surface area contributed by atoms with E-state index >= 15 is 0 Å². The second-order valence-corrected chi connectivity index (χ2v) is 4.54. The smallest absolute Gasteiger partial charge is 0.319 e. The molecule has 0 unspecified atom stereocenters. The molecule has 2 N–H and O–H groups in total. The van der Waals surface area contributed by atoms with Gasteiger partial charge in [-0.05, 0) is 38.1 Å². The fourth-order valence-electron chi connectivity index (χ4n) is 1.90. The molecule has 0 aliphatic carbocycles. The van der Waals surface area contributed by atoms with Crippen LogP contribution in [0.1, 0.15) is 25.6 Å². The van der Waals surface area contributed by atoms with Gasteiger partial charge >= 0.3 is 6.03 Å². The van der Waals surface area contributed by atoms with Crippen molar-refractivity contribution < 1.29 is 9.53 Å². The first-order chi connectivity index (χ1) is 10.2. The molecule has 2 aromatic rings. The zero-order chi connectivity index (χ0) is 15.1. The molecule has 1 atom stereocenters. The zero-order valence-electron chi connectivity index (χ0n) is 12.2. The van der Waals surface area contributed by atoms with Crippen molar-refractivity contribution in [3.05, 3.63) is 54.4 Å². The lowest BCUT2D eigenvalue weighted by Crippen LogP contribution is -2.31. The predicted molar refractivity (Wildman–Crippen MR) is 82.4 cm³/mol. The number of urea groups is 1. The maximum absolute atomic E-state index is 12.0. The van der Waals surface area contributed by atoms with Crippen LogP contribution >= 0.6 is 0 Å². The quantitative estimate of drug-likeness (QED) is 0.885. The third kappa shape index (κ3) is 4.49. The molecule has 0 aliphatic heterocycles. The molecule has 1 heterocycles. The topological polar surface area (TPSA) is 63.2 Å². The van der Waals surface area contributed by atoms with Crippen molar-refractivity contribution in [2.45, 2.75) is 19.9 Å². The van der Waals surface area contributed by atoms with Gasteiger partial charge in [0.1, 0.15) is 5.75 Å². The van der Waals surface area contributed by atoms with Gasteiger partial charge < -0.3 is 15.4 Å². The summed E-state index contributed by atoms with van der Waals surface area (Å²) in [4.78, 5) is 16.2. The summed E-state index contributed by atoms with van der Waals surface area (Å²) in [5, 5.41) is 5.63. The normalized spacial score (nSPS) is 11.5. The van der Waals surface area contributed by atoms with Crippen molar-refractivity contribution in [3.8, 4) is 5.75 Å². The van der Waals surface area contributed by atoms with Crippen molar-refractivity contribution >= 4 is 11.7 Å². The Bertz CT molecular complexity index is 587. The molecule has 2 rings (SSSR count). The van der Waals surface area contributed by atoms with Crippen LogP contribution in [0.15, 0.2) is 48.7 Å². The first-order valence-electron chi connectivity index (χ1n) is 6.90. The molecule has 2 amide bonds. The summed E-state index contributed by atoms with van der Waals surface area (Å²) in [5.74, 6) is 0.730. The molecule has 0 saturated heterocycles. The van der Waals surface area contributed by atoms with Gasteiger partial charge in [0, 0.05) is 18.0 Å². The fourth-order valence-corrected chi connectivity index (χ4v) is 1.90. The minimum atomic E-state index is -0.276. The second-order valence-electron chi connectivity index (χ2n) is 4.54. The first kappa shape index (κ1) is 14.8. The second kappa shape index (κ2) is 7.28. The van der Waals surface area contributed by atoms with Gasteiger partial charge in [0.25, 0.3) is 0 Å². The van der Waals surface area contributed by atoms with Crippen LogP contribution < -0.4 is 15.4 Å². The largest absolute Gasteiger partial charge is 0.494 e. The third-order valence-electron chi connectivity index (χ3n) is 2.88. The number of nitrogens with zero attached hydrogens (tertiary/aromatic N) is 1. The third-order valence-corrected chi connectivity index (χ3v) is 2.88. The lowest BCUT2D eigenvalue weighted by atomic mass is 10.2.